The average molecular weight is 243 g/mol. The molecule has 1 saturated heterocycles. The van der Waals surface area contributed by atoms with E-state index in [1.807, 2.05) is 18.2 Å². The van der Waals surface area contributed by atoms with Gasteiger partial charge in [0.2, 0.25) is 0 Å². The lowest BCUT2D eigenvalue weighted by Crippen LogP contribution is -2.43. The van der Waals surface area contributed by atoms with Crippen molar-refractivity contribution >= 4 is 6.29 Å². The molecular formula is C16H21NO. The maximum absolute atomic E-state index is 11.6. The highest BCUT2D eigenvalue weighted by Gasteiger charge is 2.41. The molecule has 1 aliphatic heterocycles. The zero-order chi connectivity index (χ0) is 12.6. The number of rotatable bonds is 4. The molecule has 3 atom stereocenters. The van der Waals surface area contributed by atoms with Gasteiger partial charge in [-0.3, -0.25) is 4.90 Å². The van der Waals surface area contributed by atoms with Crippen LogP contribution in [-0.2, 0) is 10.2 Å². The smallest absolute Gasteiger partial charge is 0.131 e. The van der Waals surface area contributed by atoms with E-state index in [2.05, 4.69) is 24.0 Å². The van der Waals surface area contributed by atoms with Crippen LogP contribution in [0.5, 0.6) is 0 Å². The molecule has 1 aromatic carbocycles. The van der Waals surface area contributed by atoms with Gasteiger partial charge in [0, 0.05) is 19.1 Å². The molecule has 1 aromatic rings. The summed E-state index contributed by atoms with van der Waals surface area (Å²) >= 11 is 0. The monoisotopic (exact) mass is 243 g/mol. The molecule has 0 amide bonds. The Labute approximate surface area is 109 Å². The topological polar surface area (TPSA) is 20.3 Å². The number of piperidine rings is 1. The van der Waals surface area contributed by atoms with Gasteiger partial charge in [-0.1, -0.05) is 30.3 Å². The SMILES string of the molecule is CC(C=O)(CN1CC2CCC1C2)c1ccccc1. The minimum atomic E-state index is -0.355. The van der Waals surface area contributed by atoms with Crippen LogP contribution in [0, 0.1) is 5.92 Å². The van der Waals surface area contributed by atoms with Crippen LogP contribution in [0.3, 0.4) is 0 Å². The minimum absolute atomic E-state index is 0.355. The lowest BCUT2D eigenvalue weighted by molar-refractivity contribution is -0.112. The Morgan fingerprint density at radius 3 is 2.67 bits per heavy atom. The molecule has 0 N–H and O–H groups in total. The first-order valence-electron chi connectivity index (χ1n) is 6.97. The first kappa shape index (κ1) is 11.9. The van der Waals surface area contributed by atoms with E-state index in [1.54, 1.807) is 0 Å². The fraction of sp³-hybridized carbons (Fsp3) is 0.562. The molecule has 1 heterocycles. The van der Waals surface area contributed by atoms with Crippen LogP contribution in [0.1, 0.15) is 31.7 Å². The molecule has 18 heavy (non-hydrogen) atoms. The van der Waals surface area contributed by atoms with Crippen molar-refractivity contribution in [3.8, 4) is 0 Å². The zero-order valence-electron chi connectivity index (χ0n) is 11.0. The minimum Gasteiger partial charge on any atom is -0.302 e. The van der Waals surface area contributed by atoms with Gasteiger partial charge in [-0.15, -0.1) is 0 Å². The molecule has 2 heteroatoms. The van der Waals surface area contributed by atoms with Crippen LogP contribution in [0.4, 0.5) is 0 Å². The summed E-state index contributed by atoms with van der Waals surface area (Å²) in [5, 5.41) is 0. The van der Waals surface area contributed by atoms with Gasteiger partial charge in [-0.2, -0.15) is 0 Å². The molecule has 96 valence electrons. The highest BCUT2D eigenvalue weighted by Crippen LogP contribution is 2.39. The van der Waals surface area contributed by atoms with E-state index in [1.165, 1.54) is 25.8 Å². The Hall–Kier alpha value is -1.15. The van der Waals surface area contributed by atoms with Crippen LogP contribution in [0.2, 0.25) is 0 Å². The quantitative estimate of drug-likeness (QED) is 0.758. The number of fused-ring (bicyclic) bond motifs is 2. The van der Waals surface area contributed by atoms with Crippen molar-refractivity contribution in [1.82, 2.24) is 4.90 Å². The summed E-state index contributed by atoms with van der Waals surface area (Å²) in [6.07, 6.45) is 5.21. The van der Waals surface area contributed by atoms with Crippen molar-refractivity contribution in [2.45, 2.75) is 37.6 Å². The molecule has 3 unspecified atom stereocenters. The van der Waals surface area contributed by atoms with Crippen molar-refractivity contribution in [2.24, 2.45) is 5.92 Å². The molecule has 2 aliphatic rings. The van der Waals surface area contributed by atoms with Crippen molar-refractivity contribution in [2.75, 3.05) is 13.1 Å². The number of aldehydes is 1. The predicted octanol–water partition coefficient (Wildman–Crippen LogP) is 2.63. The van der Waals surface area contributed by atoms with Crippen LogP contribution in [0.15, 0.2) is 30.3 Å². The Morgan fingerprint density at radius 1 is 1.33 bits per heavy atom. The Balaban J connectivity index is 1.78. The summed E-state index contributed by atoms with van der Waals surface area (Å²) in [5.74, 6) is 0.890. The van der Waals surface area contributed by atoms with E-state index in [0.29, 0.717) is 0 Å². The number of benzene rings is 1. The molecule has 0 aromatic heterocycles. The highest BCUT2D eigenvalue weighted by atomic mass is 16.1. The predicted molar refractivity (Wildman–Crippen MR) is 72.6 cm³/mol. The highest BCUT2D eigenvalue weighted by molar-refractivity contribution is 5.68. The molecule has 2 fully saturated rings. The van der Waals surface area contributed by atoms with Crippen molar-refractivity contribution in [3.63, 3.8) is 0 Å². The van der Waals surface area contributed by atoms with Gasteiger partial charge in [0.25, 0.3) is 0 Å². The zero-order valence-corrected chi connectivity index (χ0v) is 11.0. The maximum atomic E-state index is 11.6. The Kier molecular flexibility index (Phi) is 2.98. The summed E-state index contributed by atoms with van der Waals surface area (Å²) in [5.41, 5.74) is 0.786. The molecule has 0 radical (unpaired) electrons. The largest absolute Gasteiger partial charge is 0.302 e. The summed E-state index contributed by atoms with van der Waals surface area (Å²) in [6.45, 7) is 4.14. The van der Waals surface area contributed by atoms with Gasteiger partial charge >= 0.3 is 0 Å². The first-order valence-corrected chi connectivity index (χ1v) is 6.97. The number of carbonyl (C=O) groups excluding carboxylic acids is 1. The number of nitrogens with zero attached hydrogens (tertiary/aromatic N) is 1. The Morgan fingerprint density at radius 2 is 2.11 bits per heavy atom. The van der Waals surface area contributed by atoms with Crippen molar-refractivity contribution in [1.29, 1.82) is 0 Å². The summed E-state index contributed by atoms with van der Waals surface area (Å²) in [7, 11) is 0. The standard InChI is InChI=1S/C16H21NO/c1-16(12-18,14-5-3-2-4-6-14)11-17-10-13-7-8-15(17)9-13/h2-6,12-13,15H,7-11H2,1H3. The van der Waals surface area contributed by atoms with E-state index in [0.717, 1.165) is 30.4 Å². The fourth-order valence-electron chi connectivity index (χ4n) is 3.66. The van der Waals surface area contributed by atoms with Crippen LogP contribution < -0.4 is 0 Å². The molecular weight excluding hydrogens is 222 g/mol. The first-order chi connectivity index (χ1) is 8.71. The Bertz CT molecular complexity index is 430. The van der Waals surface area contributed by atoms with E-state index in [4.69, 9.17) is 0 Å². The number of hydrogen-bond acceptors (Lipinski definition) is 2. The molecule has 2 bridgehead atoms. The van der Waals surface area contributed by atoms with Gasteiger partial charge in [-0.05, 0) is 37.7 Å². The third kappa shape index (κ3) is 1.99. The van der Waals surface area contributed by atoms with Gasteiger partial charge in [0.15, 0.2) is 0 Å². The second-order valence-electron chi connectivity index (χ2n) is 6.16. The molecule has 0 spiro atoms. The lowest BCUT2D eigenvalue weighted by Gasteiger charge is -2.34. The second-order valence-corrected chi connectivity index (χ2v) is 6.16. The van der Waals surface area contributed by atoms with Gasteiger partial charge in [0.05, 0.1) is 5.41 Å². The van der Waals surface area contributed by atoms with Crippen molar-refractivity contribution in [3.05, 3.63) is 35.9 Å². The van der Waals surface area contributed by atoms with Gasteiger partial charge in [-0.25, -0.2) is 0 Å². The third-order valence-electron chi connectivity index (χ3n) is 4.75. The van der Waals surface area contributed by atoms with Crippen LogP contribution >= 0.6 is 0 Å². The van der Waals surface area contributed by atoms with E-state index in [-0.39, 0.29) is 5.41 Å². The molecule has 1 saturated carbocycles. The number of hydrogen-bond donors (Lipinski definition) is 0. The summed E-state index contributed by atoms with van der Waals surface area (Å²) in [4.78, 5) is 14.1. The molecule has 1 aliphatic carbocycles. The fourth-order valence-corrected chi connectivity index (χ4v) is 3.66. The maximum Gasteiger partial charge on any atom is 0.131 e. The van der Waals surface area contributed by atoms with Gasteiger partial charge in [0.1, 0.15) is 6.29 Å². The lowest BCUT2D eigenvalue weighted by atomic mass is 9.83. The van der Waals surface area contributed by atoms with Crippen molar-refractivity contribution < 1.29 is 4.79 Å². The van der Waals surface area contributed by atoms with Crippen LogP contribution in [0.25, 0.3) is 0 Å². The normalized spacial score (nSPS) is 30.3. The number of carbonyl (C=O) groups is 1. The average Bonchev–Trinajstić information content (AvgIpc) is 3.02. The summed E-state index contributed by atoms with van der Waals surface area (Å²) in [6, 6.07) is 10.9. The van der Waals surface area contributed by atoms with Crippen LogP contribution in [-0.4, -0.2) is 30.3 Å². The second kappa shape index (κ2) is 4.51. The molecule has 3 rings (SSSR count). The number of likely N-dealkylation sites (tertiary alicyclic amines) is 1. The molecule has 2 nitrogen and oxygen atoms in total. The van der Waals surface area contributed by atoms with Gasteiger partial charge < -0.3 is 4.79 Å². The van der Waals surface area contributed by atoms with E-state index >= 15 is 0 Å². The van der Waals surface area contributed by atoms with E-state index in [9.17, 15) is 4.79 Å². The third-order valence-corrected chi connectivity index (χ3v) is 4.75. The summed E-state index contributed by atoms with van der Waals surface area (Å²) < 4.78 is 0. The van der Waals surface area contributed by atoms with E-state index < -0.39 is 0 Å².